The number of anilines is 1. The van der Waals surface area contributed by atoms with Crippen LogP contribution in [0.2, 0.25) is 5.02 Å². The average molecular weight is 296 g/mol. The lowest BCUT2D eigenvalue weighted by Crippen LogP contribution is -2.01. The predicted molar refractivity (Wildman–Crippen MR) is 70.3 cm³/mol. The molecule has 3 N–H and O–H groups in total. The molecule has 0 saturated carbocycles. The quantitative estimate of drug-likeness (QED) is 0.712. The second-order valence-electron chi connectivity index (χ2n) is 4.21. The number of H-pyrrole nitrogens is 1. The van der Waals surface area contributed by atoms with E-state index in [4.69, 9.17) is 17.3 Å². The minimum atomic E-state index is -0.793. The van der Waals surface area contributed by atoms with Gasteiger partial charge in [0.15, 0.2) is 5.65 Å². The van der Waals surface area contributed by atoms with Crippen LogP contribution in [0.1, 0.15) is 11.1 Å². The lowest BCUT2D eigenvalue weighted by atomic mass is 10.0. The van der Waals surface area contributed by atoms with Gasteiger partial charge in [0.1, 0.15) is 23.0 Å². The molecule has 0 aliphatic carbocycles. The number of nitrogens with two attached hydrogens (primary N) is 1. The molecule has 0 amide bonds. The van der Waals surface area contributed by atoms with E-state index >= 15 is 0 Å². The van der Waals surface area contributed by atoms with E-state index in [1.807, 2.05) is 0 Å². The molecule has 0 spiro atoms. The molecule has 1 aromatic carbocycles. The van der Waals surface area contributed by atoms with E-state index in [1.54, 1.807) is 0 Å². The summed E-state index contributed by atoms with van der Waals surface area (Å²) in [5.41, 5.74) is 6.79. The van der Waals surface area contributed by atoms with Crippen molar-refractivity contribution in [2.45, 2.75) is 6.42 Å². The van der Waals surface area contributed by atoms with Crippen LogP contribution in [0.4, 0.5) is 14.6 Å². The first-order chi connectivity index (χ1) is 9.56. The van der Waals surface area contributed by atoms with Crippen LogP contribution in [0.15, 0.2) is 18.2 Å². The first-order valence-corrected chi connectivity index (χ1v) is 6.02. The van der Waals surface area contributed by atoms with Crippen LogP contribution >= 0.6 is 11.6 Å². The van der Waals surface area contributed by atoms with E-state index in [2.05, 4.69) is 20.4 Å². The molecule has 5 nitrogen and oxygen atoms in total. The summed E-state index contributed by atoms with van der Waals surface area (Å²) in [5.74, 6) is -1.26. The minimum Gasteiger partial charge on any atom is -0.384 e. The van der Waals surface area contributed by atoms with Crippen LogP contribution in [0, 0.1) is 11.6 Å². The third-order valence-corrected chi connectivity index (χ3v) is 3.20. The van der Waals surface area contributed by atoms with Crippen LogP contribution in [0.25, 0.3) is 11.2 Å². The number of fused-ring (bicyclic) bond motifs is 1. The van der Waals surface area contributed by atoms with Crippen molar-refractivity contribution in [3.8, 4) is 0 Å². The maximum absolute atomic E-state index is 13.9. The molecule has 8 heteroatoms. The molecule has 0 radical (unpaired) electrons. The fourth-order valence-corrected chi connectivity index (χ4v) is 2.16. The van der Waals surface area contributed by atoms with Crippen LogP contribution in [0.5, 0.6) is 0 Å². The summed E-state index contributed by atoms with van der Waals surface area (Å²) in [4.78, 5) is 3.98. The van der Waals surface area contributed by atoms with Gasteiger partial charge in [-0.25, -0.2) is 18.9 Å². The second kappa shape index (κ2) is 4.68. The van der Waals surface area contributed by atoms with Gasteiger partial charge in [0.25, 0.3) is 0 Å². The monoisotopic (exact) mass is 295 g/mol. The van der Waals surface area contributed by atoms with Gasteiger partial charge in [0.05, 0.1) is 5.02 Å². The smallest absolute Gasteiger partial charge is 0.178 e. The highest BCUT2D eigenvalue weighted by Crippen LogP contribution is 2.26. The first kappa shape index (κ1) is 12.7. The normalized spacial score (nSPS) is 11.2. The number of nitrogen functional groups attached to an aromatic ring is 1. The summed E-state index contributed by atoms with van der Waals surface area (Å²) >= 11 is 5.67. The summed E-state index contributed by atoms with van der Waals surface area (Å²) in [5, 5.41) is 9.86. The zero-order valence-corrected chi connectivity index (χ0v) is 10.7. The number of nitrogens with zero attached hydrogens (tertiary/aromatic N) is 3. The van der Waals surface area contributed by atoms with Crippen LogP contribution in [-0.4, -0.2) is 20.4 Å². The molecule has 0 saturated heterocycles. The summed E-state index contributed by atoms with van der Waals surface area (Å²) in [6.45, 7) is 0. The number of nitrogens with one attached hydrogen (secondary N) is 1. The summed E-state index contributed by atoms with van der Waals surface area (Å²) in [7, 11) is 0. The van der Waals surface area contributed by atoms with Crippen LogP contribution in [0.3, 0.4) is 0 Å². The Morgan fingerprint density at radius 1 is 1.30 bits per heavy atom. The van der Waals surface area contributed by atoms with Crippen molar-refractivity contribution in [3.05, 3.63) is 46.0 Å². The molecule has 0 aliphatic rings. The van der Waals surface area contributed by atoms with Gasteiger partial charge < -0.3 is 5.73 Å². The molecule has 0 bridgehead atoms. The maximum Gasteiger partial charge on any atom is 0.178 e. The Morgan fingerprint density at radius 3 is 2.90 bits per heavy atom. The van der Waals surface area contributed by atoms with Crippen molar-refractivity contribution in [2.75, 3.05) is 5.73 Å². The number of hydrogen-bond acceptors (Lipinski definition) is 4. The number of aromatic amines is 1. The van der Waals surface area contributed by atoms with Crippen molar-refractivity contribution in [1.82, 2.24) is 20.4 Å². The van der Waals surface area contributed by atoms with Gasteiger partial charge in [0, 0.05) is 12.0 Å². The summed E-state index contributed by atoms with van der Waals surface area (Å²) in [6, 6.07) is 3.79. The highest BCUT2D eigenvalue weighted by molar-refractivity contribution is 6.30. The number of halogens is 3. The van der Waals surface area contributed by atoms with Gasteiger partial charge >= 0.3 is 0 Å². The fourth-order valence-electron chi connectivity index (χ4n) is 1.98. The fraction of sp³-hybridized carbons (Fsp3) is 0.0833. The largest absolute Gasteiger partial charge is 0.384 e. The topological polar surface area (TPSA) is 80.5 Å². The van der Waals surface area contributed by atoms with Crippen LogP contribution in [-0.2, 0) is 6.42 Å². The molecule has 102 valence electrons. The Kier molecular flexibility index (Phi) is 2.98. The predicted octanol–water partition coefficient (Wildman–Crippen LogP) is 2.46. The molecule has 0 aliphatic heterocycles. The number of rotatable bonds is 2. The van der Waals surface area contributed by atoms with E-state index in [1.165, 1.54) is 12.1 Å². The number of aromatic nitrogens is 4. The molecule has 2 aromatic heterocycles. The molecule has 3 rings (SSSR count). The second-order valence-corrected chi connectivity index (χ2v) is 4.62. The molecule has 0 fully saturated rings. The first-order valence-electron chi connectivity index (χ1n) is 5.65. The molecule has 0 atom stereocenters. The van der Waals surface area contributed by atoms with Crippen molar-refractivity contribution < 1.29 is 8.78 Å². The highest BCUT2D eigenvalue weighted by atomic mass is 35.5. The third-order valence-electron chi connectivity index (χ3n) is 2.90. The Morgan fingerprint density at radius 2 is 2.10 bits per heavy atom. The SMILES string of the molecule is Nc1cc(Cc2c(F)ccc(Cl)c2F)c2nn[nH]c2n1. The van der Waals surface area contributed by atoms with Gasteiger partial charge in [-0.3, -0.25) is 0 Å². The van der Waals surface area contributed by atoms with E-state index < -0.39 is 11.6 Å². The van der Waals surface area contributed by atoms with Gasteiger partial charge in [0.2, 0.25) is 0 Å². The van der Waals surface area contributed by atoms with E-state index in [-0.39, 0.29) is 22.8 Å². The molecule has 0 unspecified atom stereocenters. The number of benzene rings is 1. The lowest BCUT2D eigenvalue weighted by molar-refractivity contribution is 0.562. The maximum atomic E-state index is 13.9. The van der Waals surface area contributed by atoms with Gasteiger partial charge in [-0.05, 0) is 23.8 Å². The number of hydrogen-bond donors (Lipinski definition) is 2. The van der Waals surface area contributed by atoms with E-state index in [9.17, 15) is 8.78 Å². The van der Waals surface area contributed by atoms with Crippen molar-refractivity contribution in [2.24, 2.45) is 0 Å². The Hall–Kier alpha value is -2.28. The standard InChI is InChI=1S/C12H8ClF2N5/c13-7-1-2-8(14)6(10(7)15)3-5-4-9(16)17-12-11(5)18-20-19-12/h1-2,4H,3H2,(H3,16,17,18,19,20). The Labute approximate surface area is 116 Å². The Balaban J connectivity index is 2.14. The molecular formula is C12H8ClF2N5. The van der Waals surface area contributed by atoms with Gasteiger partial charge in [-0.2, -0.15) is 0 Å². The molecule has 2 heterocycles. The van der Waals surface area contributed by atoms with Gasteiger partial charge in [-0.1, -0.05) is 16.8 Å². The molecule has 3 aromatic rings. The van der Waals surface area contributed by atoms with Crippen molar-refractivity contribution >= 4 is 28.6 Å². The van der Waals surface area contributed by atoms with E-state index in [0.717, 1.165) is 6.07 Å². The zero-order valence-electron chi connectivity index (χ0n) is 9.99. The van der Waals surface area contributed by atoms with Crippen molar-refractivity contribution in [3.63, 3.8) is 0 Å². The van der Waals surface area contributed by atoms with Crippen LogP contribution < -0.4 is 5.73 Å². The van der Waals surface area contributed by atoms with Gasteiger partial charge in [-0.15, -0.1) is 5.10 Å². The molecular weight excluding hydrogens is 288 g/mol. The highest BCUT2D eigenvalue weighted by Gasteiger charge is 2.16. The lowest BCUT2D eigenvalue weighted by Gasteiger charge is -2.07. The Bertz CT molecular complexity index is 802. The number of pyridine rings is 1. The third kappa shape index (κ3) is 2.05. The average Bonchev–Trinajstić information content (AvgIpc) is 2.87. The van der Waals surface area contributed by atoms with E-state index in [0.29, 0.717) is 16.7 Å². The summed E-state index contributed by atoms with van der Waals surface area (Å²) < 4.78 is 27.7. The minimum absolute atomic E-state index is 0.0476. The molecule has 20 heavy (non-hydrogen) atoms. The zero-order chi connectivity index (χ0) is 14.3. The van der Waals surface area contributed by atoms with Crippen molar-refractivity contribution in [1.29, 1.82) is 0 Å². The summed E-state index contributed by atoms with van der Waals surface area (Å²) in [6.07, 6.45) is -0.0476.